The van der Waals surface area contributed by atoms with E-state index >= 15 is 0 Å². The first-order valence-corrected chi connectivity index (χ1v) is 7.73. The molecular formula is C15H23BrN2O. The largest absolute Gasteiger partial charge is 0.398 e. The number of hydrogen-bond donors (Lipinski definition) is 2. The quantitative estimate of drug-likeness (QED) is 0.740. The average molecular weight is 327 g/mol. The van der Waals surface area contributed by atoms with Crippen molar-refractivity contribution < 1.29 is 4.79 Å². The standard InChI is InChI=1S/C15H23BrN2O/c1-3-5-7-12(6-4-2)18-15(19)11-8-9-13(16)14(17)10-11/h8-10,12H,3-7,17H2,1-2H3,(H,18,19). The summed E-state index contributed by atoms with van der Waals surface area (Å²) in [5.41, 5.74) is 7.02. The Morgan fingerprint density at radius 1 is 1.32 bits per heavy atom. The Balaban J connectivity index is 2.66. The van der Waals surface area contributed by atoms with Crippen LogP contribution in [0, 0.1) is 0 Å². The smallest absolute Gasteiger partial charge is 0.251 e. The summed E-state index contributed by atoms with van der Waals surface area (Å²) in [5, 5.41) is 3.11. The van der Waals surface area contributed by atoms with E-state index in [-0.39, 0.29) is 11.9 Å². The lowest BCUT2D eigenvalue weighted by atomic mass is 10.0. The molecule has 0 spiro atoms. The number of nitrogen functional groups attached to an aromatic ring is 1. The first kappa shape index (κ1) is 16.0. The van der Waals surface area contributed by atoms with Crippen molar-refractivity contribution in [3.05, 3.63) is 28.2 Å². The van der Waals surface area contributed by atoms with Crippen molar-refractivity contribution in [1.29, 1.82) is 0 Å². The Kier molecular flexibility index (Phi) is 6.92. The van der Waals surface area contributed by atoms with Gasteiger partial charge in [-0.3, -0.25) is 4.79 Å². The highest BCUT2D eigenvalue weighted by Gasteiger charge is 2.13. The predicted octanol–water partition coefficient (Wildman–Crippen LogP) is 4.12. The summed E-state index contributed by atoms with van der Waals surface area (Å²) in [4.78, 5) is 12.2. The topological polar surface area (TPSA) is 55.1 Å². The van der Waals surface area contributed by atoms with Crippen molar-refractivity contribution in [3.8, 4) is 0 Å². The highest BCUT2D eigenvalue weighted by Crippen LogP contribution is 2.20. The van der Waals surface area contributed by atoms with Crippen LogP contribution in [0.2, 0.25) is 0 Å². The zero-order valence-electron chi connectivity index (χ0n) is 11.7. The Morgan fingerprint density at radius 3 is 2.63 bits per heavy atom. The highest BCUT2D eigenvalue weighted by molar-refractivity contribution is 9.10. The van der Waals surface area contributed by atoms with E-state index in [2.05, 4.69) is 35.1 Å². The molecule has 3 nitrogen and oxygen atoms in total. The Hall–Kier alpha value is -1.03. The van der Waals surface area contributed by atoms with Crippen LogP contribution in [0.4, 0.5) is 5.69 Å². The van der Waals surface area contributed by atoms with Crippen LogP contribution in [0.15, 0.2) is 22.7 Å². The number of unbranched alkanes of at least 4 members (excludes halogenated alkanes) is 1. The van der Waals surface area contributed by atoms with Gasteiger partial charge < -0.3 is 11.1 Å². The number of benzene rings is 1. The maximum atomic E-state index is 12.2. The number of amides is 1. The van der Waals surface area contributed by atoms with E-state index < -0.39 is 0 Å². The van der Waals surface area contributed by atoms with E-state index in [1.807, 2.05) is 6.07 Å². The second-order valence-electron chi connectivity index (χ2n) is 4.84. The van der Waals surface area contributed by atoms with Crippen LogP contribution in [-0.2, 0) is 0 Å². The molecule has 4 heteroatoms. The van der Waals surface area contributed by atoms with Gasteiger partial charge in [-0.1, -0.05) is 33.1 Å². The number of carbonyl (C=O) groups excluding carboxylic acids is 1. The number of nitrogens with one attached hydrogen (secondary N) is 1. The number of hydrogen-bond acceptors (Lipinski definition) is 2. The predicted molar refractivity (Wildman–Crippen MR) is 84.2 cm³/mol. The van der Waals surface area contributed by atoms with Crippen LogP contribution < -0.4 is 11.1 Å². The average Bonchev–Trinajstić information content (AvgIpc) is 2.39. The van der Waals surface area contributed by atoms with Gasteiger partial charge in [0.2, 0.25) is 0 Å². The molecule has 19 heavy (non-hydrogen) atoms. The second-order valence-corrected chi connectivity index (χ2v) is 5.69. The van der Waals surface area contributed by atoms with Crippen molar-refractivity contribution in [2.75, 3.05) is 5.73 Å². The Labute approximate surface area is 124 Å². The molecule has 0 saturated carbocycles. The van der Waals surface area contributed by atoms with Crippen LogP contribution in [0.5, 0.6) is 0 Å². The lowest BCUT2D eigenvalue weighted by Gasteiger charge is -2.18. The number of carbonyl (C=O) groups is 1. The van der Waals surface area contributed by atoms with Gasteiger partial charge >= 0.3 is 0 Å². The van der Waals surface area contributed by atoms with E-state index in [0.717, 1.165) is 36.6 Å². The molecule has 0 aliphatic heterocycles. The molecule has 1 atom stereocenters. The summed E-state index contributed by atoms with van der Waals surface area (Å²) >= 11 is 3.33. The fraction of sp³-hybridized carbons (Fsp3) is 0.533. The molecule has 1 aromatic rings. The lowest BCUT2D eigenvalue weighted by molar-refractivity contribution is 0.0932. The molecule has 106 valence electrons. The van der Waals surface area contributed by atoms with E-state index in [1.165, 1.54) is 0 Å². The van der Waals surface area contributed by atoms with Crippen LogP contribution in [0.1, 0.15) is 56.3 Å². The van der Waals surface area contributed by atoms with Crippen molar-refractivity contribution in [2.24, 2.45) is 0 Å². The zero-order valence-corrected chi connectivity index (χ0v) is 13.3. The van der Waals surface area contributed by atoms with E-state index in [0.29, 0.717) is 11.3 Å². The minimum Gasteiger partial charge on any atom is -0.398 e. The van der Waals surface area contributed by atoms with Gasteiger partial charge in [-0.15, -0.1) is 0 Å². The van der Waals surface area contributed by atoms with E-state index in [4.69, 9.17) is 5.73 Å². The summed E-state index contributed by atoms with van der Waals surface area (Å²) in [5.74, 6) is -0.0336. The maximum Gasteiger partial charge on any atom is 0.251 e. The number of halogens is 1. The summed E-state index contributed by atoms with van der Waals surface area (Å²) in [6.07, 6.45) is 5.45. The Bertz CT molecular complexity index is 421. The first-order valence-electron chi connectivity index (χ1n) is 6.94. The summed E-state index contributed by atoms with van der Waals surface area (Å²) in [7, 11) is 0. The number of anilines is 1. The molecule has 1 amide bonds. The fourth-order valence-corrected chi connectivity index (χ4v) is 2.29. The van der Waals surface area contributed by atoms with Gasteiger partial charge in [-0.2, -0.15) is 0 Å². The molecule has 1 rings (SSSR count). The van der Waals surface area contributed by atoms with Gasteiger partial charge in [-0.05, 0) is 47.0 Å². The third kappa shape index (κ3) is 5.23. The van der Waals surface area contributed by atoms with Gasteiger partial charge in [0.1, 0.15) is 0 Å². The monoisotopic (exact) mass is 326 g/mol. The van der Waals surface area contributed by atoms with Crippen LogP contribution in [0.25, 0.3) is 0 Å². The van der Waals surface area contributed by atoms with Crippen molar-refractivity contribution >= 4 is 27.5 Å². The third-order valence-electron chi connectivity index (χ3n) is 3.14. The van der Waals surface area contributed by atoms with Crippen LogP contribution in [0.3, 0.4) is 0 Å². The van der Waals surface area contributed by atoms with Crippen molar-refractivity contribution in [2.45, 2.75) is 52.0 Å². The van der Waals surface area contributed by atoms with Gasteiger partial charge in [-0.25, -0.2) is 0 Å². The Morgan fingerprint density at radius 2 is 2.05 bits per heavy atom. The van der Waals surface area contributed by atoms with Gasteiger partial charge in [0.15, 0.2) is 0 Å². The second kappa shape index (κ2) is 8.20. The summed E-state index contributed by atoms with van der Waals surface area (Å²) in [6.45, 7) is 4.31. The molecule has 0 aliphatic carbocycles. The molecule has 0 aliphatic rings. The molecule has 1 aromatic carbocycles. The first-order chi connectivity index (χ1) is 9.08. The van der Waals surface area contributed by atoms with Gasteiger partial charge in [0.05, 0.1) is 0 Å². The molecule has 0 aromatic heterocycles. The van der Waals surface area contributed by atoms with Crippen molar-refractivity contribution in [3.63, 3.8) is 0 Å². The molecule has 3 N–H and O–H groups in total. The number of rotatable bonds is 7. The van der Waals surface area contributed by atoms with Crippen LogP contribution in [-0.4, -0.2) is 11.9 Å². The maximum absolute atomic E-state index is 12.2. The molecule has 0 fully saturated rings. The normalized spacial score (nSPS) is 12.2. The minimum atomic E-state index is -0.0336. The van der Waals surface area contributed by atoms with Gasteiger partial charge in [0, 0.05) is 21.8 Å². The molecule has 1 unspecified atom stereocenters. The van der Waals surface area contributed by atoms with Crippen LogP contribution >= 0.6 is 15.9 Å². The summed E-state index contributed by atoms with van der Waals surface area (Å²) in [6, 6.07) is 5.58. The summed E-state index contributed by atoms with van der Waals surface area (Å²) < 4.78 is 0.820. The molecular weight excluding hydrogens is 304 g/mol. The van der Waals surface area contributed by atoms with E-state index in [1.54, 1.807) is 12.1 Å². The molecule has 0 saturated heterocycles. The van der Waals surface area contributed by atoms with Crippen molar-refractivity contribution in [1.82, 2.24) is 5.32 Å². The fourth-order valence-electron chi connectivity index (χ4n) is 2.04. The number of nitrogens with two attached hydrogens (primary N) is 1. The highest BCUT2D eigenvalue weighted by atomic mass is 79.9. The molecule has 0 bridgehead atoms. The zero-order chi connectivity index (χ0) is 14.3. The van der Waals surface area contributed by atoms with E-state index in [9.17, 15) is 4.79 Å². The van der Waals surface area contributed by atoms with Gasteiger partial charge in [0.25, 0.3) is 5.91 Å². The lowest BCUT2D eigenvalue weighted by Crippen LogP contribution is -2.34. The SMILES string of the molecule is CCCCC(CCC)NC(=O)c1ccc(Br)c(N)c1. The molecule has 0 radical (unpaired) electrons. The molecule has 0 heterocycles. The third-order valence-corrected chi connectivity index (χ3v) is 3.86. The minimum absolute atomic E-state index is 0.0336.